The van der Waals surface area contributed by atoms with E-state index in [1.54, 1.807) is 0 Å². The summed E-state index contributed by atoms with van der Waals surface area (Å²) < 4.78 is 0. The number of hydrogen-bond acceptors (Lipinski definition) is 3. The van der Waals surface area contributed by atoms with Crippen molar-refractivity contribution in [3.8, 4) is 17.5 Å². The van der Waals surface area contributed by atoms with Gasteiger partial charge in [-0.2, -0.15) is 5.26 Å². The van der Waals surface area contributed by atoms with E-state index in [2.05, 4.69) is 48.9 Å². The van der Waals surface area contributed by atoms with E-state index < -0.39 is 0 Å². The summed E-state index contributed by atoms with van der Waals surface area (Å²) in [6, 6.07) is 10.7. The first-order valence-corrected chi connectivity index (χ1v) is 11.5. The second-order valence-corrected chi connectivity index (χ2v) is 8.34. The highest BCUT2D eigenvalue weighted by molar-refractivity contribution is 5.55. The smallest absolute Gasteiger partial charge is 0.159 e. The molecular weight excluding hydrogens is 354 g/mol. The van der Waals surface area contributed by atoms with Crippen LogP contribution in [0, 0.1) is 17.2 Å². The fourth-order valence-corrected chi connectivity index (χ4v) is 3.62. The summed E-state index contributed by atoms with van der Waals surface area (Å²) in [5.74, 6) is 1.28. The van der Waals surface area contributed by atoms with Gasteiger partial charge in [-0.05, 0) is 36.3 Å². The molecule has 1 aromatic carbocycles. The van der Waals surface area contributed by atoms with Crippen LogP contribution in [0.4, 0.5) is 0 Å². The molecule has 3 heteroatoms. The van der Waals surface area contributed by atoms with Crippen molar-refractivity contribution in [1.29, 1.82) is 5.26 Å². The van der Waals surface area contributed by atoms with Crippen LogP contribution in [-0.4, -0.2) is 9.97 Å². The fourth-order valence-electron chi connectivity index (χ4n) is 3.62. The fraction of sp³-hybridized carbons (Fsp3) is 0.577. The van der Waals surface area contributed by atoms with Crippen molar-refractivity contribution in [2.24, 2.45) is 5.92 Å². The number of unbranched alkanes of at least 4 members (excludes halogenated alkanes) is 6. The van der Waals surface area contributed by atoms with Gasteiger partial charge in [-0.3, -0.25) is 0 Å². The highest BCUT2D eigenvalue weighted by atomic mass is 14.9. The molecule has 1 heterocycles. The minimum atomic E-state index is -0.0377. The number of aromatic nitrogens is 2. The highest BCUT2D eigenvalue weighted by Crippen LogP contribution is 2.26. The van der Waals surface area contributed by atoms with Gasteiger partial charge in [0.05, 0.1) is 12.0 Å². The molecule has 0 fully saturated rings. The Hall–Kier alpha value is -2.21. The van der Waals surface area contributed by atoms with Crippen molar-refractivity contribution in [2.45, 2.75) is 90.9 Å². The van der Waals surface area contributed by atoms with Gasteiger partial charge >= 0.3 is 0 Å². The molecule has 3 nitrogen and oxygen atoms in total. The Kier molecular flexibility index (Phi) is 10.4. The Labute approximate surface area is 177 Å². The molecule has 156 valence electrons. The van der Waals surface area contributed by atoms with Gasteiger partial charge in [0.1, 0.15) is 0 Å². The second kappa shape index (κ2) is 13.1. The first-order chi connectivity index (χ1) is 14.2. The van der Waals surface area contributed by atoms with Gasteiger partial charge in [0, 0.05) is 18.0 Å². The number of rotatable bonds is 13. The van der Waals surface area contributed by atoms with Crippen LogP contribution in [0.2, 0.25) is 0 Å². The number of aryl methyl sites for hydroxylation is 1. The van der Waals surface area contributed by atoms with E-state index in [1.165, 1.54) is 50.5 Å². The van der Waals surface area contributed by atoms with E-state index >= 15 is 0 Å². The standard InChI is InChI=1S/C26H37N3/c1-4-6-7-8-9-10-11-12-22-19-28-26(29-20-22)24-15-13-23(14-16-24)25(18-27)17-21(3)5-2/h13-16,19-21,25H,4-12,17H2,1-3H3. The average Bonchev–Trinajstić information content (AvgIpc) is 2.77. The van der Waals surface area contributed by atoms with Gasteiger partial charge in [0.25, 0.3) is 0 Å². The lowest BCUT2D eigenvalue weighted by Gasteiger charge is -2.14. The van der Waals surface area contributed by atoms with Gasteiger partial charge in [-0.15, -0.1) is 0 Å². The molecule has 0 bridgehead atoms. The van der Waals surface area contributed by atoms with Crippen LogP contribution in [0.25, 0.3) is 11.4 Å². The summed E-state index contributed by atoms with van der Waals surface area (Å²) in [5, 5.41) is 9.51. The van der Waals surface area contributed by atoms with Crippen molar-refractivity contribution >= 4 is 0 Å². The Morgan fingerprint density at radius 1 is 0.897 bits per heavy atom. The molecule has 0 aliphatic heterocycles. The molecule has 2 rings (SSSR count). The van der Waals surface area contributed by atoms with E-state index in [0.717, 1.165) is 36.2 Å². The molecule has 0 saturated carbocycles. The molecule has 0 spiro atoms. The van der Waals surface area contributed by atoms with Gasteiger partial charge in [0.15, 0.2) is 5.82 Å². The minimum Gasteiger partial charge on any atom is -0.236 e. The SMILES string of the molecule is CCCCCCCCCc1cnc(-c2ccc(C(C#N)CC(C)CC)cc2)nc1. The Bertz CT molecular complexity index is 728. The Morgan fingerprint density at radius 2 is 1.52 bits per heavy atom. The van der Waals surface area contributed by atoms with E-state index in [-0.39, 0.29) is 5.92 Å². The van der Waals surface area contributed by atoms with Crippen molar-refractivity contribution in [3.05, 3.63) is 47.8 Å². The lowest BCUT2D eigenvalue weighted by Crippen LogP contribution is -2.02. The Balaban J connectivity index is 1.85. The van der Waals surface area contributed by atoms with Gasteiger partial charge in [-0.25, -0.2) is 9.97 Å². The van der Waals surface area contributed by atoms with Crippen molar-refractivity contribution in [3.63, 3.8) is 0 Å². The number of nitrogens with zero attached hydrogens (tertiary/aromatic N) is 3. The van der Waals surface area contributed by atoms with Crippen LogP contribution >= 0.6 is 0 Å². The molecule has 2 aromatic rings. The predicted octanol–water partition coefficient (Wildman–Crippen LogP) is 7.48. The number of benzene rings is 1. The summed E-state index contributed by atoms with van der Waals surface area (Å²) >= 11 is 0. The summed E-state index contributed by atoms with van der Waals surface area (Å²) in [5.41, 5.74) is 3.32. The zero-order valence-electron chi connectivity index (χ0n) is 18.5. The van der Waals surface area contributed by atoms with Crippen molar-refractivity contribution in [2.75, 3.05) is 0 Å². The van der Waals surface area contributed by atoms with Crippen LogP contribution in [0.3, 0.4) is 0 Å². The summed E-state index contributed by atoms with van der Waals surface area (Å²) in [4.78, 5) is 9.14. The van der Waals surface area contributed by atoms with Gasteiger partial charge < -0.3 is 0 Å². The van der Waals surface area contributed by atoms with Crippen molar-refractivity contribution < 1.29 is 0 Å². The third kappa shape index (κ3) is 7.97. The molecule has 2 atom stereocenters. The normalized spacial score (nSPS) is 13.0. The van der Waals surface area contributed by atoms with E-state index in [9.17, 15) is 5.26 Å². The van der Waals surface area contributed by atoms with Gasteiger partial charge in [-0.1, -0.05) is 90.0 Å². The molecule has 2 unspecified atom stereocenters. The summed E-state index contributed by atoms with van der Waals surface area (Å²) in [7, 11) is 0. The third-order valence-corrected chi connectivity index (χ3v) is 5.84. The average molecular weight is 392 g/mol. The van der Waals surface area contributed by atoms with Crippen LogP contribution < -0.4 is 0 Å². The Morgan fingerprint density at radius 3 is 2.10 bits per heavy atom. The van der Waals surface area contributed by atoms with Gasteiger partial charge in [0.2, 0.25) is 0 Å². The van der Waals surface area contributed by atoms with Crippen LogP contribution in [0.15, 0.2) is 36.7 Å². The molecule has 0 radical (unpaired) electrons. The lowest BCUT2D eigenvalue weighted by atomic mass is 9.89. The molecule has 1 aromatic heterocycles. The first-order valence-electron chi connectivity index (χ1n) is 11.5. The molecular formula is C26H37N3. The predicted molar refractivity (Wildman–Crippen MR) is 122 cm³/mol. The molecule has 0 saturated heterocycles. The largest absolute Gasteiger partial charge is 0.236 e. The van der Waals surface area contributed by atoms with Crippen LogP contribution in [0.5, 0.6) is 0 Å². The lowest BCUT2D eigenvalue weighted by molar-refractivity contribution is 0.494. The maximum absolute atomic E-state index is 9.51. The summed E-state index contributed by atoms with van der Waals surface area (Å²) in [6.07, 6.45) is 16.3. The second-order valence-electron chi connectivity index (χ2n) is 8.34. The molecule has 0 aliphatic rings. The molecule has 0 amide bonds. The third-order valence-electron chi connectivity index (χ3n) is 5.84. The quantitative estimate of drug-likeness (QED) is 0.332. The summed E-state index contributed by atoms with van der Waals surface area (Å²) in [6.45, 7) is 6.65. The molecule has 29 heavy (non-hydrogen) atoms. The number of nitriles is 1. The monoisotopic (exact) mass is 391 g/mol. The van der Waals surface area contributed by atoms with Crippen LogP contribution in [-0.2, 0) is 6.42 Å². The van der Waals surface area contributed by atoms with Crippen molar-refractivity contribution in [1.82, 2.24) is 9.97 Å². The first kappa shape index (κ1) is 23.1. The maximum Gasteiger partial charge on any atom is 0.159 e. The highest BCUT2D eigenvalue weighted by Gasteiger charge is 2.14. The molecule has 0 N–H and O–H groups in total. The zero-order chi connectivity index (χ0) is 20.9. The molecule has 0 aliphatic carbocycles. The maximum atomic E-state index is 9.51. The van der Waals surface area contributed by atoms with E-state index in [4.69, 9.17) is 0 Å². The van der Waals surface area contributed by atoms with E-state index in [0.29, 0.717) is 5.92 Å². The zero-order valence-corrected chi connectivity index (χ0v) is 18.5. The van der Waals surface area contributed by atoms with Crippen LogP contribution in [0.1, 0.15) is 95.6 Å². The topological polar surface area (TPSA) is 49.6 Å². The minimum absolute atomic E-state index is 0.0377. The number of hydrogen-bond donors (Lipinski definition) is 0. The van der Waals surface area contributed by atoms with E-state index in [1.807, 2.05) is 24.5 Å².